The second-order valence-corrected chi connectivity index (χ2v) is 4.62. The first-order valence-electron chi connectivity index (χ1n) is 4.50. The van der Waals surface area contributed by atoms with Crippen LogP contribution in [0.1, 0.15) is 6.42 Å². The molecular formula is C9H11BrClN3. The molecule has 1 aliphatic heterocycles. The molecule has 76 valence electrons. The molecule has 5 heteroatoms. The van der Waals surface area contributed by atoms with Gasteiger partial charge in [-0.05, 0) is 28.4 Å². The van der Waals surface area contributed by atoms with Crippen LogP contribution in [0, 0.1) is 0 Å². The lowest BCUT2D eigenvalue weighted by Gasteiger charge is -2.41. The van der Waals surface area contributed by atoms with Crippen LogP contribution in [0.4, 0.5) is 5.82 Å². The van der Waals surface area contributed by atoms with Gasteiger partial charge in [0.2, 0.25) is 0 Å². The minimum Gasteiger partial charge on any atom is -0.351 e. The van der Waals surface area contributed by atoms with Crippen molar-refractivity contribution in [3.8, 4) is 0 Å². The van der Waals surface area contributed by atoms with Gasteiger partial charge in [-0.25, -0.2) is 4.98 Å². The average molecular weight is 277 g/mol. The monoisotopic (exact) mass is 275 g/mol. The summed E-state index contributed by atoms with van der Waals surface area (Å²) in [5.74, 6) is 0.941. The fraction of sp³-hybridized carbons (Fsp3) is 0.444. The molecule has 0 aliphatic carbocycles. The summed E-state index contributed by atoms with van der Waals surface area (Å²) in [5, 5.41) is 0.644. The van der Waals surface area contributed by atoms with E-state index in [1.807, 2.05) is 6.07 Å². The maximum absolute atomic E-state index is 5.82. The van der Waals surface area contributed by atoms with E-state index in [-0.39, 0.29) is 0 Å². The topological polar surface area (TPSA) is 42.1 Å². The number of halogens is 2. The Balaban J connectivity index is 2.24. The average Bonchev–Trinajstić information content (AvgIpc) is 2.08. The van der Waals surface area contributed by atoms with Crippen LogP contribution in [0.15, 0.2) is 16.7 Å². The maximum atomic E-state index is 5.82. The summed E-state index contributed by atoms with van der Waals surface area (Å²) in [6, 6.07) is 2.29. The number of hydrogen-bond donors (Lipinski definition) is 1. The minimum absolute atomic E-state index is 0.431. The lowest BCUT2D eigenvalue weighted by Crippen LogP contribution is -2.52. The van der Waals surface area contributed by atoms with E-state index in [1.54, 1.807) is 6.20 Å². The molecular weight excluding hydrogens is 265 g/mol. The van der Waals surface area contributed by atoms with Gasteiger partial charge in [-0.15, -0.1) is 0 Å². The SMILES string of the molecule is NCC1CCN1c1ncc(Cl)cc1Br. The molecule has 0 bridgehead atoms. The Labute approximate surface area is 96.4 Å². The second kappa shape index (κ2) is 4.04. The molecule has 2 rings (SSSR count). The van der Waals surface area contributed by atoms with E-state index in [1.165, 1.54) is 0 Å². The van der Waals surface area contributed by atoms with Crippen LogP contribution in [0.25, 0.3) is 0 Å². The Morgan fingerprint density at radius 3 is 3.00 bits per heavy atom. The van der Waals surface area contributed by atoms with Gasteiger partial charge < -0.3 is 10.6 Å². The number of nitrogens with zero attached hydrogens (tertiary/aromatic N) is 2. The van der Waals surface area contributed by atoms with Gasteiger partial charge in [0, 0.05) is 25.3 Å². The Bertz CT molecular complexity index is 343. The molecule has 0 saturated carbocycles. The summed E-state index contributed by atoms with van der Waals surface area (Å²) in [7, 11) is 0. The van der Waals surface area contributed by atoms with E-state index in [0.29, 0.717) is 17.6 Å². The van der Waals surface area contributed by atoms with Crippen molar-refractivity contribution in [2.24, 2.45) is 5.73 Å². The predicted octanol–water partition coefficient (Wildman–Crippen LogP) is 2.03. The Morgan fingerprint density at radius 2 is 2.50 bits per heavy atom. The van der Waals surface area contributed by atoms with Crippen molar-refractivity contribution in [1.29, 1.82) is 0 Å². The van der Waals surface area contributed by atoms with Crippen LogP contribution < -0.4 is 10.6 Å². The van der Waals surface area contributed by atoms with E-state index in [0.717, 1.165) is 23.3 Å². The maximum Gasteiger partial charge on any atom is 0.143 e. The highest BCUT2D eigenvalue weighted by Crippen LogP contribution is 2.31. The van der Waals surface area contributed by atoms with Crippen molar-refractivity contribution in [3.63, 3.8) is 0 Å². The van der Waals surface area contributed by atoms with E-state index in [9.17, 15) is 0 Å². The summed E-state index contributed by atoms with van der Waals surface area (Å²) < 4.78 is 0.933. The van der Waals surface area contributed by atoms with Crippen LogP contribution in [0.5, 0.6) is 0 Å². The summed E-state index contributed by atoms with van der Waals surface area (Å²) >= 11 is 9.27. The minimum atomic E-state index is 0.431. The molecule has 1 saturated heterocycles. The molecule has 1 aliphatic rings. The smallest absolute Gasteiger partial charge is 0.143 e. The molecule has 14 heavy (non-hydrogen) atoms. The van der Waals surface area contributed by atoms with Crippen LogP contribution in [0.3, 0.4) is 0 Å². The number of aromatic nitrogens is 1. The lowest BCUT2D eigenvalue weighted by atomic mass is 10.0. The van der Waals surface area contributed by atoms with Gasteiger partial charge in [-0.2, -0.15) is 0 Å². The van der Waals surface area contributed by atoms with Crippen molar-refractivity contribution in [2.75, 3.05) is 18.0 Å². The molecule has 2 N–H and O–H groups in total. The van der Waals surface area contributed by atoms with Crippen molar-refractivity contribution >= 4 is 33.3 Å². The molecule has 1 aromatic heterocycles. The van der Waals surface area contributed by atoms with E-state index in [2.05, 4.69) is 25.8 Å². The third kappa shape index (κ3) is 1.74. The highest BCUT2D eigenvalue weighted by molar-refractivity contribution is 9.10. The molecule has 1 unspecified atom stereocenters. The summed E-state index contributed by atoms with van der Waals surface area (Å²) in [6.07, 6.45) is 2.81. The zero-order valence-corrected chi connectivity index (χ0v) is 9.92. The predicted molar refractivity (Wildman–Crippen MR) is 61.8 cm³/mol. The normalized spacial score (nSPS) is 20.8. The Hall–Kier alpha value is -0.320. The molecule has 1 fully saturated rings. The quantitative estimate of drug-likeness (QED) is 0.899. The molecule has 0 amide bonds. The molecule has 1 aromatic rings. The zero-order valence-electron chi connectivity index (χ0n) is 7.58. The third-order valence-corrected chi connectivity index (χ3v) is 3.27. The van der Waals surface area contributed by atoms with Crippen molar-refractivity contribution < 1.29 is 0 Å². The largest absolute Gasteiger partial charge is 0.351 e. The van der Waals surface area contributed by atoms with Crippen molar-refractivity contribution in [2.45, 2.75) is 12.5 Å². The molecule has 0 spiro atoms. The standard InChI is InChI=1S/C9H11BrClN3/c10-8-3-6(11)5-13-9(8)14-2-1-7(14)4-12/h3,5,7H,1-2,4,12H2. The third-order valence-electron chi connectivity index (χ3n) is 2.48. The van der Waals surface area contributed by atoms with E-state index < -0.39 is 0 Å². The van der Waals surface area contributed by atoms with Gasteiger partial charge in [-0.3, -0.25) is 0 Å². The first-order chi connectivity index (χ1) is 6.72. The highest BCUT2D eigenvalue weighted by Gasteiger charge is 2.28. The summed E-state index contributed by atoms with van der Waals surface area (Å²) in [5.41, 5.74) is 5.63. The van der Waals surface area contributed by atoms with Crippen LogP contribution in [0.2, 0.25) is 5.02 Å². The number of rotatable bonds is 2. The van der Waals surface area contributed by atoms with E-state index >= 15 is 0 Å². The number of pyridine rings is 1. The number of anilines is 1. The molecule has 0 aromatic carbocycles. The molecule has 3 nitrogen and oxygen atoms in total. The summed E-state index contributed by atoms with van der Waals surface area (Å²) in [4.78, 5) is 6.48. The fourth-order valence-corrected chi connectivity index (χ4v) is 2.45. The zero-order chi connectivity index (χ0) is 10.1. The van der Waals surface area contributed by atoms with Gasteiger partial charge >= 0.3 is 0 Å². The highest BCUT2D eigenvalue weighted by atomic mass is 79.9. The molecule has 0 radical (unpaired) electrons. The molecule has 1 atom stereocenters. The first kappa shape index (κ1) is 10.2. The number of nitrogens with two attached hydrogens (primary N) is 1. The Morgan fingerprint density at radius 1 is 1.71 bits per heavy atom. The lowest BCUT2D eigenvalue weighted by molar-refractivity contribution is 0.451. The van der Waals surface area contributed by atoms with Crippen LogP contribution >= 0.6 is 27.5 Å². The van der Waals surface area contributed by atoms with E-state index in [4.69, 9.17) is 17.3 Å². The number of hydrogen-bond acceptors (Lipinski definition) is 3. The van der Waals surface area contributed by atoms with Crippen molar-refractivity contribution in [3.05, 3.63) is 21.8 Å². The second-order valence-electron chi connectivity index (χ2n) is 3.33. The van der Waals surface area contributed by atoms with Crippen LogP contribution in [-0.4, -0.2) is 24.1 Å². The van der Waals surface area contributed by atoms with Gasteiger partial charge in [0.1, 0.15) is 5.82 Å². The van der Waals surface area contributed by atoms with Crippen molar-refractivity contribution in [1.82, 2.24) is 4.98 Å². The van der Waals surface area contributed by atoms with Gasteiger partial charge in [0.15, 0.2) is 0 Å². The van der Waals surface area contributed by atoms with Gasteiger partial charge in [0.05, 0.1) is 9.50 Å². The summed E-state index contributed by atoms with van der Waals surface area (Å²) in [6.45, 7) is 1.70. The Kier molecular flexibility index (Phi) is 2.95. The first-order valence-corrected chi connectivity index (χ1v) is 5.67. The molecule has 2 heterocycles. The fourth-order valence-electron chi connectivity index (χ4n) is 1.58. The van der Waals surface area contributed by atoms with Gasteiger partial charge in [0.25, 0.3) is 0 Å². The van der Waals surface area contributed by atoms with Gasteiger partial charge in [-0.1, -0.05) is 11.6 Å². The van der Waals surface area contributed by atoms with Crippen LogP contribution in [-0.2, 0) is 0 Å².